The maximum atomic E-state index is 13.8. The monoisotopic (exact) mass is 259 g/mol. The number of nitrogen functional groups attached to an aromatic ring is 1. The molecule has 98 valence electrons. The van der Waals surface area contributed by atoms with Crippen LogP contribution in [0.15, 0.2) is 36.5 Å². The molecule has 4 nitrogen and oxygen atoms in total. The van der Waals surface area contributed by atoms with Crippen LogP contribution in [0.5, 0.6) is 5.75 Å². The number of benzene rings is 1. The SMILES string of the molecule is Cc1cccc(OCc2cccnc2C(=N)N)c1F. The Morgan fingerprint density at radius 2 is 2.16 bits per heavy atom. The number of pyridine rings is 1. The Bertz CT molecular complexity index is 613. The summed E-state index contributed by atoms with van der Waals surface area (Å²) in [6.45, 7) is 1.79. The predicted molar refractivity (Wildman–Crippen MR) is 70.7 cm³/mol. The van der Waals surface area contributed by atoms with Crippen molar-refractivity contribution in [3.05, 3.63) is 59.2 Å². The van der Waals surface area contributed by atoms with E-state index >= 15 is 0 Å². The first kappa shape index (κ1) is 13.0. The van der Waals surface area contributed by atoms with Crippen LogP contribution in [0.2, 0.25) is 0 Å². The fourth-order valence-electron chi connectivity index (χ4n) is 1.69. The molecule has 19 heavy (non-hydrogen) atoms. The number of aryl methyl sites for hydroxylation is 1. The minimum Gasteiger partial charge on any atom is -0.486 e. The molecule has 0 bridgehead atoms. The lowest BCUT2D eigenvalue weighted by molar-refractivity contribution is 0.289. The maximum absolute atomic E-state index is 13.8. The van der Waals surface area contributed by atoms with E-state index < -0.39 is 0 Å². The zero-order chi connectivity index (χ0) is 13.8. The van der Waals surface area contributed by atoms with E-state index in [0.29, 0.717) is 16.8 Å². The minimum atomic E-state index is -0.379. The highest BCUT2D eigenvalue weighted by atomic mass is 19.1. The van der Waals surface area contributed by atoms with Gasteiger partial charge >= 0.3 is 0 Å². The molecule has 2 aromatic rings. The van der Waals surface area contributed by atoms with Gasteiger partial charge in [0.05, 0.1) is 0 Å². The second-order valence-electron chi connectivity index (χ2n) is 4.10. The Labute approximate surface area is 110 Å². The van der Waals surface area contributed by atoms with Gasteiger partial charge in [0.25, 0.3) is 0 Å². The predicted octanol–water partition coefficient (Wildman–Crippen LogP) is 2.39. The van der Waals surface area contributed by atoms with Gasteiger partial charge in [-0.05, 0) is 24.6 Å². The molecular weight excluding hydrogens is 245 g/mol. The van der Waals surface area contributed by atoms with Crippen molar-refractivity contribution < 1.29 is 9.13 Å². The van der Waals surface area contributed by atoms with Gasteiger partial charge in [-0.25, -0.2) is 4.39 Å². The van der Waals surface area contributed by atoms with E-state index in [0.717, 1.165) is 0 Å². The van der Waals surface area contributed by atoms with Crippen LogP contribution < -0.4 is 10.5 Å². The second-order valence-corrected chi connectivity index (χ2v) is 4.10. The topological polar surface area (TPSA) is 72.0 Å². The highest BCUT2D eigenvalue weighted by Crippen LogP contribution is 2.21. The highest BCUT2D eigenvalue weighted by Gasteiger charge is 2.09. The number of amidine groups is 1. The Hall–Kier alpha value is -2.43. The summed E-state index contributed by atoms with van der Waals surface area (Å²) < 4.78 is 19.2. The molecule has 0 aliphatic carbocycles. The molecule has 1 heterocycles. The summed E-state index contributed by atoms with van der Waals surface area (Å²) in [6, 6.07) is 8.43. The Morgan fingerprint density at radius 3 is 2.89 bits per heavy atom. The van der Waals surface area contributed by atoms with E-state index in [1.165, 1.54) is 0 Å². The molecule has 2 rings (SSSR count). The van der Waals surface area contributed by atoms with Crippen molar-refractivity contribution in [1.29, 1.82) is 5.41 Å². The van der Waals surface area contributed by atoms with Gasteiger partial charge < -0.3 is 10.5 Å². The lowest BCUT2D eigenvalue weighted by atomic mass is 10.2. The van der Waals surface area contributed by atoms with Gasteiger partial charge in [-0.2, -0.15) is 0 Å². The molecule has 5 heteroatoms. The average Bonchev–Trinajstić information content (AvgIpc) is 2.40. The van der Waals surface area contributed by atoms with Gasteiger partial charge in [-0.1, -0.05) is 18.2 Å². The Kier molecular flexibility index (Phi) is 3.75. The van der Waals surface area contributed by atoms with Gasteiger partial charge in [-0.3, -0.25) is 10.4 Å². The minimum absolute atomic E-state index is 0.114. The normalized spacial score (nSPS) is 10.2. The maximum Gasteiger partial charge on any atom is 0.167 e. The first-order chi connectivity index (χ1) is 9.09. The molecule has 0 radical (unpaired) electrons. The van der Waals surface area contributed by atoms with Gasteiger partial charge in [0.2, 0.25) is 0 Å². The average molecular weight is 259 g/mol. The lowest BCUT2D eigenvalue weighted by Crippen LogP contribution is -2.16. The van der Waals surface area contributed by atoms with Crippen LogP contribution >= 0.6 is 0 Å². The molecule has 0 atom stereocenters. The summed E-state index contributed by atoms with van der Waals surface area (Å²) in [6.07, 6.45) is 1.55. The van der Waals surface area contributed by atoms with Crippen LogP contribution in [0.1, 0.15) is 16.8 Å². The summed E-state index contributed by atoms with van der Waals surface area (Å²) in [5, 5.41) is 7.42. The molecule has 1 aromatic heterocycles. The second kappa shape index (κ2) is 5.48. The number of nitrogens with zero attached hydrogens (tertiary/aromatic N) is 1. The quantitative estimate of drug-likeness (QED) is 0.654. The summed E-state index contributed by atoms with van der Waals surface area (Å²) in [7, 11) is 0. The summed E-state index contributed by atoms with van der Waals surface area (Å²) in [5.74, 6) is -0.335. The number of nitrogens with two attached hydrogens (primary N) is 1. The first-order valence-corrected chi connectivity index (χ1v) is 5.76. The number of nitrogens with one attached hydrogen (secondary N) is 1. The molecule has 1 aromatic carbocycles. The molecule has 0 spiro atoms. The van der Waals surface area contributed by atoms with Gasteiger partial charge in [-0.15, -0.1) is 0 Å². The third kappa shape index (κ3) is 2.88. The molecule has 0 unspecified atom stereocenters. The molecule has 0 aliphatic rings. The van der Waals surface area contributed by atoms with Crippen molar-refractivity contribution in [2.75, 3.05) is 0 Å². The van der Waals surface area contributed by atoms with Crippen molar-refractivity contribution in [2.24, 2.45) is 5.73 Å². The van der Waals surface area contributed by atoms with Crippen molar-refractivity contribution in [2.45, 2.75) is 13.5 Å². The zero-order valence-electron chi connectivity index (χ0n) is 10.5. The van der Waals surface area contributed by atoms with Crippen LogP contribution in [0, 0.1) is 18.2 Å². The molecule has 0 saturated carbocycles. The van der Waals surface area contributed by atoms with Gasteiger partial charge in [0, 0.05) is 11.8 Å². The molecular formula is C14H14FN3O. The Morgan fingerprint density at radius 1 is 1.37 bits per heavy atom. The number of ether oxygens (including phenoxy) is 1. The number of rotatable bonds is 4. The molecule has 3 N–H and O–H groups in total. The van der Waals surface area contributed by atoms with Crippen LogP contribution in [0.4, 0.5) is 4.39 Å². The number of hydrogen-bond acceptors (Lipinski definition) is 3. The molecule has 0 saturated heterocycles. The van der Waals surface area contributed by atoms with E-state index in [9.17, 15) is 4.39 Å². The number of halogens is 1. The zero-order valence-corrected chi connectivity index (χ0v) is 10.5. The van der Waals surface area contributed by atoms with Crippen LogP contribution in [0.3, 0.4) is 0 Å². The van der Waals surface area contributed by atoms with Crippen LogP contribution in [-0.4, -0.2) is 10.8 Å². The fraction of sp³-hybridized carbons (Fsp3) is 0.143. The molecule has 0 amide bonds. The van der Waals surface area contributed by atoms with Crippen molar-refractivity contribution in [3.8, 4) is 5.75 Å². The van der Waals surface area contributed by atoms with E-state index in [-0.39, 0.29) is 24.0 Å². The Balaban J connectivity index is 2.19. The fourth-order valence-corrected chi connectivity index (χ4v) is 1.69. The van der Waals surface area contributed by atoms with E-state index in [2.05, 4.69) is 4.98 Å². The third-order valence-corrected chi connectivity index (χ3v) is 2.69. The van der Waals surface area contributed by atoms with E-state index in [4.69, 9.17) is 15.9 Å². The third-order valence-electron chi connectivity index (χ3n) is 2.69. The molecule has 0 fully saturated rings. The van der Waals surface area contributed by atoms with Crippen molar-refractivity contribution in [1.82, 2.24) is 4.98 Å². The van der Waals surface area contributed by atoms with E-state index in [1.54, 1.807) is 43.5 Å². The first-order valence-electron chi connectivity index (χ1n) is 5.76. The van der Waals surface area contributed by atoms with Crippen LogP contribution in [-0.2, 0) is 6.61 Å². The van der Waals surface area contributed by atoms with Gasteiger partial charge in [0.15, 0.2) is 11.6 Å². The van der Waals surface area contributed by atoms with Crippen molar-refractivity contribution in [3.63, 3.8) is 0 Å². The van der Waals surface area contributed by atoms with Crippen molar-refractivity contribution >= 4 is 5.84 Å². The largest absolute Gasteiger partial charge is 0.486 e. The summed E-state index contributed by atoms with van der Waals surface area (Å²) in [4.78, 5) is 4.01. The smallest absolute Gasteiger partial charge is 0.167 e. The number of hydrogen-bond donors (Lipinski definition) is 2. The van der Waals surface area contributed by atoms with E-state index in [1.807, 2.05) is 0 Å². The van der Waals surface area contributed by atoms with Gasteiger partial charge in [0.1, 0.15) is 18.1 Å². The summed E-state index contributed by atoms with van der Waals surface area (Å²) >= 11 is 0. The standard InChI is InChI=1S/C14H14FN3O/c1-9-4-2-6-11(12(9)15)19-8-10-5-3-7-18-13(10)14(16)17/h2-7H,8H2,1H3,(H3,16,17). The highest BCUT2D eigenvalue weighted by molar-refractivity contribution is 5.94. The van der Waals surface area contributed by atoms with Crippen LogP contribution in [0.25, 0.3) is 0 Å². The summed E-state index contributed by atoms with van der Waals surface area (Å²) in [5.41, 5.74) is 6.96. The lowest BCUT2D eigenvalue weighted by Gasteiger charge is -2.10. The molecule has 0 aliphatic heterocycles. The number of aromatic nitrogens is 1.